The molecule has 2 rings (SSSR count). The number of halogens is 2. The summed E-state index contributed by atoms with van der Waals surface area (Å²) in [5.74, 6) is -1.02. The summed E-state index contributed by atoms with van der Waals surface area (Å²) in [6, 6.07) is 8.32. The lowest BCUT2D eigenvalue weighted by Gasteiger charge is -2.09. The quantitative estimate of drug-likeness (QED) is 0.485. The topological polar surface area (TPSA) is 92.5 Å². The average molecular weight is 372 g/mol. The van der Waals surface area contributed by atoms with E-state index < -0.39 is 22.3 Å². The molecule has 0 saturated carbocycles. The van der Waals surface area contributed by atoms with Crippen molar-refractivity contribution in [1.29, 1.82) is 0 Å². The first-order valence-corrected chi connectivity index (χ1v) is 6.80. The summed E-state index contributed by atoms with van der Waals surface area (Å²) in [5, 5.41) is 23.3. The highest BCUT2D eigenvalue weighted by Gasteiger charge is 2.21. The third-order valence-electron chi connectivity index (χ3n) is 2.63. The van der Waals surface area contributed by atoms with Gasteiger partial charge in [0.2, 0.25) is 0 Å². The van der Waals surface area contributed by atoms with Crippen LogP contribution in [0.15, 0.2) is 40.9 Å². The van der Waals surface area contributed by atoms with Crippen LogP contribution in [0.1, 0.15) is 10.4 Å². The molecule has 1 amide bonds. The van der Waals surface area contributed by atoms with E-state index in [1.165, 1.54) is 24.3 Å². The van der Waals surface area contributed by atoms with Crippen LogP contribution >= 0.6 is 27.5 Å². The van der Waals surface area contributed by atoms with Gasteiger partial charge in [-0.15, -0.1) is 0 Å². The molecule has 0 aliphatic rings. The Kier molecular flexibility index (Phi) is 4.44. The van der Waals surface area contributed by atoms with Gasteiger partial charge in [-0.1, -0.05) is 17.7 Å². The van der Waals surface area contributed by atoms with E-state index in [-0.39, 0.29) is 11.3 Å². The van der Waals surface area contributed by atoms with Crippen LogP contribution in [0, 0.1) is 10.1 Å². The van der Waals surface area contributed by atoms with Crippen molar-refractivity contribution in [3.63, 3.8) is 0 Å². The highest BCUT2D eigenvalue weighted by molar-refractivity contribution is 9.10. The summed E-state index contributed by atoms with van der Waals surface area (Å²) in [6.07, 6.45) is 0. The van der Waals surface area contributed by atoms with E-state index in [1.807, 2.05) is 0 Å². The highest BCUT2D eigenvalue weighted by Crippen LogP contribution is 2.34. The zero-order valence-corrected chi connectivity index (χ0v) is 12.7. The smallest absolute Gasteiger partial charge is 0.296 e. The SMILES string of the molecule is O=C(Nc1c(O)cccc1[N+](=O)[O-])c1cc(Cl)ccc1Br. The van der Waals surface area contributed by atoms with Gasteiger partial charge in [0.05, 0.1) is 10.5 Å². The van der Waals surface area contributed by atoms with E-state index in [1.54, 1.807) is 12.1 Å². The number of nitro benzene ring substituents is 1. The van der Waals surface area contributed by atoms with Gasteiger partial charge in [0.25, 0.3) is 11.6 Å². The van der Waals surface area contributed by atoms with Gasteiger partial charge in [0.1, 0.15) is 5.75 Å². The maximum absolute atomic E-state index is 12.2. The maximum Gasteiger partial charge on any atom is 0.296 e. The van der Waals surface area contributed by atoms with E-state index in [0.717, 1.165) is 0 Å². The number of nitrogens with zero attached hydrogens (tertiary/aromatic N) is 1. The number of para-hydroxylation sites is 1. The molecule has 0 spiro atoms. The maximum atomic E-state index is 12.2. The van der Waals surface area contributed by atoms with Crippen molar-refractivity contribution in [2.75, 3.05) is 5.32 Å². The summed E-state index contributed by atoms with van der Waals surface area (Å²) in [4.78, 5) is 22.4. The molecule has 21 heavy (non-hydrogen) atoms. The summed E-state index contributed by atoms with van der Waals surface area (Å²) in [5.41, 5.74) is -0.471. The minimum atomic E-state index is -0.692. The van der Waals surface area contributed by atoms with Crippen LogP contribution in [0.5, 0.6) is 5.75 Å². The number of amides is 1. The van der Waals surface area contributed by atoms with Crippen LogP contribution < -0.4 is 5.32 Å². The molecule has 0 unspecified atom stereocenters. The van der Waals surface area contributed by atoms with Crippen molar-refractivity contribution in [3.8, 4) is 5.75 Å². The zero-order valence-electron chi connectivity index (χ0n) is 10.3. The molecule has 6 nitrogen and oxygen atoms in total. The molecule has 0 fully saturated rings. The Morgan fingerprint density at radius 2 is 2.05 bits per heavy atom. The summed E-state index contributed by atoms with van der Waals surface area (Å²) in [7, 11) is 0. The molecule has 0 atom stereocenters. The van der Waals surface area contributed by atoms with Gasteiger partial charge in [-0.25, -0.2) is 0 Å². The molecule has 0 aliphatic heterocycles. The van der Waals surface area contributed by atoms with Gasteiger partial charge in [0.15, 0.2) is 5.69 Å². The molecular formula is C13H8BrClN2O4. The van der Waals surface area contributed by atoms with Gasteiger partial charge < -0.3 is 10.4 Å². The van der Waals surface area contributed by atoms with E-state index in [0.29, 0.717) is 9.50 Å². The van der Waals surface area contributed by atoms with Crippen molar-refractivity contribution >= 4 is 44.8 Å². The number of nitrogens with one attached hydrogen (secondary N) is 1. The number of rotatable bonds is 3. The standard InChI is InChI=1S/C13H8BrClN2O4/c14-9-5-4-7(15)6-8(9)13(19)16-12-10(17(20)21)2-1-3-11(12)18/h1-6,18H,(H,16,19). The molecule has 108 valence electrons. The van der Waals surface area contributed by atoms with Crippen LogP contribution in [0.3, 0.4) is 0 Å². The second-order valence-electron chi connectivity index (χ2n) is 4.01. The lowest BCUT2D eigenvalue weighted by Crippen LogP contribution is -2.14. The minimum absolute atomic E-state index is 0.194. The summed E-state index contributed by atoms with van der Waals surface area (Å²) >= 11 is 9.01. The fourth-order valence-electron chi connectivity index (χ4n) is 1.66. The van der Waals surface area contributed by atoms with E-state index in [2.05, 4.69) is 21.2 Å². The molecule has 0 bridgehead atoms. The van der Waals surface area contributed by atoms with Gasteiger partial charge in [-0.2, -0.15) is 0 Å². The average Bonchev–Trinajstić information content (AvgIpc) is 2.43. The zero-order chi connectivity index (χ0) is 15.6. The molecule has 0 saturated heterocycles. The highest BCUT2D eigenvalue weighted by atomic mass is 79.9. The summed E-state index contributed by atoms with van der Waals surface area (Å²) < 4.78 is 0.475. The molecule has 0 radical (unpaired) electrons. The number of hydrogen-bond acceptors (Lipinski definition) is 4. The fourth-order valence-corrected chi connectivity index (χ4v) is 2.26. The Hall–Kier alpha value is -2.12. The van der Waals surface area contributed by atoms with E-state index >= 15 is 0 Å². The lowest BCUT2D eigenvalue weighted by molar-refractivity contribution is -0.384. The van der Waals surface area contributed by atoms with Gasteiger partial charge in [-0.05, 0) is 40.2 Å². The predicted molar refractivity (Wildman–Crippen MR) is 81.9 cm³/mol. The van der Waals surface area contributed by atoms with E-state index in [4.69, 9.17) is 11.6 Å². The second kappa shape index (κ2) is 6.11. The number of nitro groups is 1. The molecule has 8 heteroatoms. The molecule has 2 N–H and O–H groups in total. The summed E-state index contributed by atoms with van der Waals surface area (Å²) in [6.45, 7) is 0. The van der Waals surface area contributed by atoms with E-state index in [9.17, 15) is 20.0 Å². The van der Waals surface area contributed by atoms with Crippen LogP contribution in [0.2, 0.25) is 5.02 Å². The molecule has 2 aromatic carbocycles. The third-order valence-corrected chi connectivity index (χ3v) is 3.56. The Balaban J connectivity index is 2.41. The minimum Gasteiger partial charge on any atom is -0.505 e. The predicted octanol–water partition coefficient (Wildman–Crippen LogP) is 3.97. The third kappa shape index (κ3) is 3.32. The molecule has 0 heterocycles. The van der Waals surface area contributed by atoms with Crippen molar-refractivity contribution in [1.82, 2.24) is 0 Å². The Morgan fingerprint density at radius 3 is 2.71 bits per heavy atom. The van der Waals surface area contributed by atoms with Gasteiger partial charge in [0, 0.05) is 15.6 Å². The number of benzene rings is 2. The number of anilines is 1. The Morgan fingerprint density at radius 1 is 1.33 bits per heavy atom. The second-order valence-corrected chi connectivity index (χ2v) is 5.30. The first-order valence-electron chi connectivity index (χ1n) is 5.63. The van der Waals surface area contributed by atoms with Crippen molar-refractivity contribution in [2.24, 2.45) is 0 Å². The van der Waals surface area contributed by atoms with Crippen LogP contribution in [-0.2, 0) is 0 Å². The van der Waals surface area contributed by atoms with Crippen molar-refractivity contribution < 1.29 is 14.8 Å². The first kappa shape index (κ1) is 15.3. The van der Waals surface area contributed by atoms with Crippen molar-refractivity contribution in [3.05, 3.63) is 61.6 Å². The van der Waals surface area contributed by atoms with Crippen LogP contribution in [0.4, 0.5) is 11.4 Å². The molecular weight excluding hydrogens is 364 g/mol. The number of hydrogen-bond donors (Lipinski definition) is 2. The lowest BCUT2D eigenvalue weighted by atomic mass is 10.2. The monoisotopic (exact) mass is 370 g/mol. The normalized spacial score (nSPS) is 10.2. The fraction of sp³-hybridized carbons (Fsp3) is 0. The number of aromatic hydroxyl groups is 1. The first-order chi connectivity index (χ1) is 9.90. The van der Waals surface area contributed by atoms with Gasteiger partial charge in [-0.3, -0.25) is 14.9 Å². The van der Waals surface area contributed by atoms with Gasteiger partial charge >= 0.3 is 0 Å². The van der Waals surface area contributed by atoms with Crippen LogP contribution in [-0.4, -0.2) is 15.9 Å². The number of carbonyl (C=O) groups is 1. The number of phenolic OH excluding ortho intramolecular Hbond substituents is 1. The Bertz CT molecular complexity index is 736. The molecule has 0 aliphatic carbocycles. The number of carbonyl (C=O) groups excluding carboxylic acids is 1. The molecule has 0 aromatic heterocycles. The van der Waals surface area contributed by atoms with Crippen molar-refractivity contribution in [2.45, 2.75) is 0 Å². The Labute approximate surface area is 132 Å². The molecule has 2 aromatic rings. The number of phenols is 1. The largest absolute Gasteiger partial charge is 0.505 e. The van der Waals surface area contributed by atoms with Crippen LogP contribution in [0.25, 0.3) is 0 Å².